The molecule has 24 heavy (non-hydrogen) atoms. The number of urea groups is 1. The first-order valence-corrected chi connectivity index (χ1v) is 8.03. The van der Waals surface area contributed by atoms with E-state index in [0.29, 0.717) is 29.5 Å². The van der Waals surface area contributed by atoms with Gasteiger partial charge in [0, 0.05) is 0 Å². The summed E-state index contributed by atoms with van der Waals surface area (Å²) in [5.41, 5.74) is -0.306. The standard InChI is InChI=1S/C17H21N3O4/c1-5-17(10(2)3)15(21)20(16(22)19-17)9-12-11(4)24-14(18-12)13-7-6-8-23-13/h6-8,10H,5,9H2,1-4H3,(H,19,22)/t17-/m0/s1. The first kappa shape index (κ1) is 16.3. The van der Waals surface area contributed by atoms with E-state index in [0.717, 1.165) is 0 Å². The van der Waals surface area contributed by atoms with Crippen LogP contribution >= 0.6 is 0 Å². The van der Waals surface area contributed by atoms with Crippen LogP contribution in [0.3, 0.4) is 0 Å². The van der Waals surface area contributed by atoms with Crippen LogP contribution in [0.2, 0.25) is 0 Å². The number of hydrogen-bond donors (Lipinski definition) is 1. The van der Waals surface area contributed by atoms with Crippen molar-refractivity contribution in [2.45, 2.75) is 46.2 Å². The highest BCUT2D eigenvalue weighted by Gasteiger charge is 2.52. The molecule has 2 aromatic heterocycles. The van der Waals surface area contributed by atoms with Crippen LogP contribution in [0.4, 0.5) is 4.79 Å². The van der Waals surface area contributed by atoms with Gasteiger partial charge >= 0.3 is 6.03 Å². The molecule has 1 N–H and O–H groups in total. The summed E-state index contributed by atoms with van der Waals surface area (Å²) in [5.74, 6) is 1.19. The molecule has 128 valence electrons. The Balaban J connectivity index is 1.87. The molecule has 0 saturated carbocycles. The van der Waals surface area contributed by atoms with E-state index in [9.17, 15) is 9.59 Å². The summed E-state index contributed by atoms with van der Waals surface area (Å²) in [6, 6.07) is 3.09. The number of oxazole rings is 1. The van der Waals surface area contributed by atoms with Crippen LogP contribution in [0.25, 0.3) is 11.7 Å². The van der Waals surface area contributed by atoms with E-state index < -0.39 is 11.6 Å². The molecule has 0 spiro atoms. The second kappa shape index (κ2) is 5.81. The fraction of sp³-hybridized carbons (Fsp3) is 0.471. The van der Waals surface area contributed by atoms with Gasteiger partial charge in [-0.1, -0.05) is 20.8 Å². The molecular weight excluding hydrogens is 310 g/mol. The maximum Gasteiger partial charge on any atom is 0.325 e. The van der Waals surface area contributed by atoms with Crippen molar-refractivity contribution in [1.29, 1.82) is 0 Å². The highest BCUT2D eigenvalue weighted by molar-refractivity contribution is 6.07. The Morgan fingerprint density at radius 1 is 1.38 bits per heavy atom. The van der Waals surface area contributed by atoms with Gasteiger partial charge in [0.1, 0.15) is 17.0 Å². The monoisotopic (exact) mass is 331 g/mol. The summed E-state index contributed by atoms with van der Waals surface area (Å²) >= 11 is 0. The van der Waals surface area contributed by atoms with Crippen molar-refractivity contribution in [3.63, 3.8) is 0 Å². The Kier molecular flexibility index (Phi) is 3.95. The zero-order valence-corrected chi connectivity index (χ0v) is 14.3. The predicted octanol–water partition coefficient (Wildman–Crippen LogP) is 3.10. The van der Waals surface area contributed by atoms with Crippen molar-refractivity contribution in [2.75, 3.05) is 0 Å². The van der Waals surface area contributed by atoms with E-state index in [-0.39, 0.29) is 18.4 Å². The van der Waals surface area contributed by atoms with E-state index in [1.807, 2.05) is 20.8 Å². The van der Waals surface area contributed by atoms with Gasteiger partial charge in [-0.05, 0) is 31.4 Å². The van der Waals surface area contributed by atoms with Crippen LogP contribution in [-0.4, -0.2) is 27.4 Å². The minimum atomic E-state index is -0.849. The number of carbonyl (C=O) groups excluding carboxylic acids is 2. The molecule has 1 aliphatic heterocycles. The minimum Gasteiger partial charge on any atom is -0.459 e. The predicted molar refractivity (Wildman–Crippen MR) is 85.9 cm³/mol. The van der Waals surface area contributed by atoms with Crippen LogP contribution in [0, 0.1) is 12.8 Å². The van der Waals surface area contributed by atoms with Crippen molar-refractivity contribution >= 4 is 11.9 Å². The number of carbonyl (C=O) groups is 2. The van der Waals surface area contributed by atoms with Gasteiger partial charge < -0.3 is 14.2 Å². The molecule has 0 bridgehead atoms. The molecule has 3 heterocycles. The van der Waals surface area contributed by atoms with Gasteiger partial charge in [-0.15, -0.1) is 0 Å². The number of hydrogen-bond acceptors (Lipinski definition) is 5. The van der Waals surface area contributed by atoms with Crippen LogP contribution in [0.1, 0.15) is 38.6 Å². The Morgan fingerprint density at radius 2 is 2.12 bits per heavy atom. The van der Waals surface area contributed by atoms with Crippen LogP contribution < -0.4 is 5.32 Å². The lowest BCUT2D eigenvalue weighted by Crippen LogP contribution is -2.50. The molecule has 3 amide bonds. The molecule has 0 radical (unpaired) electrons. The molecule has 0 unspecified atom stereocenters. The average molecular weight is 331 g/mol. The topological polar surface area (TPSA) is 88.6 Å². The third kappa shape index (κ3) is 2.40. The second-order valence-electron chi connectivity index (χ2n) is 6.30. The zero-order chi connectivity index (χ0) is 17.5. The summed E-state index contributed by atoms with van der Waals surface area (Å²) < 4.78 is 10.9. The lowest BCUT2D eigenvalue weighted by molar-refractivity contribution is -0.133. The lowest BCUT2D eigenvalue weighted by Gasteiger charge is -2.29. The van der Waals surface area contributed by atoms with Gasteiger partial charge in [0.25, 0.3) is 11.8 Å². The first-order valence-electron chi connectivity index (χ1n) is 8.03. The maximum atomic E-state index is 12.8. The maximum absolute atomic E-state index is 12.8. The van der Waals surface area contributed by atoms with Crippen LogP contribution in [0.15, 0.2) is 27.2 Å². The third-order valence-corrected chi connectivity index (χ3v) is 4.68. The van der Waals surface area contributed by atoms with Crippen molar-refractivity contribution in [3.8, 4) is 11.7 Å². The molecular formula is C17H21N3O4. The summed E-state index contributed by atoms with van der Waals surface area (Å²) in [5, 5.41) is 2.85. The molecule has 1 aliphatic rings. The quantitative estimate of drug-likeness (QED) is 0.850. The van der Waals surface area contributed by atoms with Crippen molar-refractivity contribution in [3.05, 3.63) is 29.9 Å². The van der Waals surface area contributed by atoms with Gasteiger partial charge in [-0.2, -0.15) is 0 Å². The van der Waals surface area contributed by atoms with E-state index in [4.69, 9.17) is 8.83 Å². The molecule has 1 saturated heterocycles. The van der Waals surface area contributed by atoms with Gasteiger partial charge in [0.05, 0.1) is 12.8 Å². The van der Waals surface area contributed by atoms with Crippen molar-refractivity contribution < 1.29 is 18.4 Å². The van der Waals surface area contributed by atoms with E-state index in [1.165, 1.54) is 11.2 Å². The molecule has 3 rings (SSSR count). The number of nitrogens with zero attached hydrogens (tertiary/aromatic N) is 2. The normalized spacial score (nSPS) is 21.0. The highest BCUT2D eigenvalue weighted by Crippen LogP contribution is 2.31. The van der Waals surface area contributed by atoms with Crippen molar-refractivity contribution in [1.82, 2.24) is 15.2 Å². The Labute approximate surface area is 140 Å². The summed E-state index contributed by atoms with van der Waals surface area (Å²) in [6.45, 7) is 7.60. The van der Waals surface area contributed by atoms with Gasteiger partial charge in [-0.25, -0.2) is 9.78 Å². The van der Waals surface area contributed by atoms with Crippen LogP contribution in [-0.2, 0) is 11.3 Å². The largest absolute Gasteiger partial charge is 0.459 e. The number of aromatic nitrogens is 1. The molecule has 2 aromatic rings. The molecule has 0 aromatic carbocycles. The van der Waals surface area contributed by atoms with Gasteiger partial charge in [-0.3, -0.25) is 9.69 Å². The van der Waals surface area contributed by atoms with E-state index in [1.54, 1.807) is 19.1 Å². The fourth-order valence-corrected chi connectivity index (χ4v) is 3.06. The van der Waals surface area contributed by atoms with Gasteiger partial charge in [0.2, 0.25) is 0 Å². The second-order valence-corrected chi connectivity index (χ2v) is 6.30. The number of rotatable bonds is 5. The number of imide groups is 1. The Hall–Kier alpha value is -2.57. The van der Waals surface area contributed by atoms with Crippen LogP contribution in [0.5, 0.6) is 0 Å². The highest BCUT2D eigenvalue weighted by atomic mass is 16.4. The number of nitrogens with one attached hydrogen (secondary N) is 1. The average Bonchev–Trinajstić information content (AvgIpc) is 3.23. The first-order chi connectivity index (χ1) is 11.4. The molecule has 1 atom stereocenters. The fourth-order valence-electron chi connectivity index (χ4n) is 3.06. The Bertz CT molecular complexity index is 763. The van der Waals surface area contributed by atoms with E-state index >= 15 is 0 Å². The zero-order valence-electron chi connectivity index (χ0n) is 14.3. The van der Waals surface area contributed by atoms with Crippen molar-refractivity contribution in [2.24, 2.45) is 5.92 Å². The molecule has 0 aliphatic carbocycles. The molecule has 7 nitrogen and oxygen atoms in total. The molecule has 7 heteroatoms. The van der Waals surface area contributed by atoms with E-state index in [2.05, 4.69) is 10.3 Å². The number of amides is 3. The third-order valence-electron chi connectivity index (χ3n) is 4.68. The summed E-state index contributed by atoms with van der Waals surface area (Å²) in [7, 11) is 0. The minimum absolute atomic E-state index is 0.000959. The number of furan rings is 1. The Morgan fingerprint density at radius 3 is 2.67 bits per heavy atom. The summed E-state index contributed by atoms with van der Waals surface area (Å²) in [6.07, 6.45) is 2.07. The molecule has 1 fully saturated rings. The lowest BCUT2D eigenvalue weighted by atomic mass is 9.84. The smallest absolute Gasteiger partial charge is 0.325 e. The number of aryl methyl sites for hydroxylation is 1. The summed E-state index contributed by atoms with van der Waals surface area (Å²) in [4.78, 5) is 30.7. The van der Waals surface area contributed by atoms with Gasteiger partial charge in [0.15, 0.2) is 5.76 Å². The SMILES string of the molecule is CC[C@@]1(C(C)C)NC(=O)N(Cc2nc(-c3ccco3)oc2C)C1=O.